The van der Waals surface area contributed by atoms with Crippen molar-refractivity contribution in [2.24, 2.45) is 7.05 Å². The molecule has 1 saturated heterocycles. The third-order valence-corrected chi connectivity index (χ3v) is 4.20. The second-order valence-electron chi connectivity index (χ2n) is 6.13. The zero-order valence-electron chi connectivity index (χ0n) is 14.1. The number of amides is 1. The number of benzene rings is 1. The predicted molar refractivity (Wildman–Crippen MR) is 90.9 cm³/mol. The van der Waals surface area contributed by atoms with Gasteiger partial charge in [0.05, 0.1) is 31.2 Å². The van der Waals surface area contributed by atoms with Crippen LogP contribution >= 0.6 is 0 Å². The van der Waals surface area contributed by atoms with Crippen molar-refractivity contribution in [1.82, 2.24) is 29.4 Å². The first kappa shape index (κ1) is 16.3. The van der Waals surface area contributed by atoms with Crippen LogP contribution in [0.25, 0.3) is 5.69 Å². The maximum absolute atomic E-state index is 12.6. The van der Waals surface area contributed by atoms with Gasteiger partial charge in [-0.15, -0.1) is 5.10 Å². The van der Waals surface area contributed by atoms with Crippen molar-refractivity contribution < 1.29 is 14.6 Å². The van der Waals surface area contributed by atoms with E-state index in [4.69, 9.17) is 4.74 Å². The lowest BCUT2D eigenvalue weighted by Crippen LogP contribution is -2.32. The molecule has 1 N–H and O–H groups in total. The molecule has 1 fully saturated rings. The zero-order valence-corrected chi connectivity index (χ0v) is 14.1. The van der Waals surface area contributed by atoms with Gasteiger partial charge in [0.2, 0.25) is 5.82 Å². The molecule has 9 heteroatoms. The van der Waals surface area contributed by atoms with Gasteiger partial charge in [0.1, 0.15) is 18.5 Å². The lowest BCUT2D eigenvalue weighted by molar-refractivity contribution is 0.0726. The third kappa shape index (κ3) is 3.16. The molecule has 1 aromatic carbocycles. The van der Waals surface area contributed by atoms with Crippen molar-refractivity contribution in [3.05, 3.63) is 54.9 Å². The Labute approximate surface area is 149 Å². The Kier molecular flexibility index (Phi) is 4.13. The molecule has 4 rings (SSSR count). The van der Waals surface area contributed by atoms with E-state index < -0.39 is 12.2 Å². The topological polar surface area (TPSA) is 98.3 Å². The number of aliphatic hydroxyl groups excluding tert-OH is 1. The molecular weight excluding hydrogens is 336 g/mol. The molecule has 3 aromatic rings. The van der Waals surface area contributed by atoms with Crippen LogP contribution in [-0.2, 0) is 7.05 Å². The lowest BCUT2D eigenvalue weighted by atomic mass is 10.3. The number of rotatable bonds is 4. The molecule has 3 heterocycles. The van der Waals surface area contributed by atoms with E-state index in [2.05, 4.69) is 15.2 Å². The molecule has 0 radical (unpaired) electrons. The van der Waals surface area contributed by atoms with Gasteiger partial charge < -0.3 is 14.7 Å². The number of carbonyl (C=O) groups excluding carboxylic acids is 1. The summed E-state index contributed by atoms with van der Waals surface area (Å²) >= 11 is 0. The zero-order chi connectivity index (χ0) is 18.1. The van der Waals surface area contributed by atoms with E-state index in [1.807, 2.05) is 30.3 Å². The second kappa shape index (κ2) is 6.60. The summed E-state index contributed by atoms with van der Waals surface area (Å²) in [5, 5.41) is 18.5. The number of β-amino-alcohol motifs (C(OH)–C–C–N with tert-alkyl or cyclic N) is 1. The average Bonchev–Trinajstić information content (AvgIpc) is 3.37. The first-order valence-corrected chi connectivity index (χ1v) is 8.20. The molecule has 1 amide bonds. The molecule has 1 aliphatic rings. The summed E-state index contributed by atoms with van der Waals surface area (Å²) in [6, 6.07) is 9.42. The van der Waals surface area contributed by atoms with Crippen LogP contribution in [-0.4, -0.2) is 65.8 Å². The summed E-state index contributed by atoms with van der Waals surface area (Å²) in [6.07, 6.45) is 3.48. The number of aliphatic hydroxyl groups is 1. The Morgan fingerprint density at radius 3 is 2.81 bits per heavy atom. The number of aryl methyl sites for hydroxylation is 1. The molecule has 1 aliphatic heterocycles. The minimum absolute atomic E-state index is 0.0862. The van der Waals surface area contributed by atoms with Crippen molar-refractivity contribution >= 4 is 5.91 Å². The normalized spacial score (nSPS) is 19.7. The van der Waals surface area contributed by atoms with Crippen molar-refractivity contribution in [2.75, 3.05) is 13.1 Å². The molecule has 134 valence electrons. The van der Waals surface area contributed by atoms with E-state index in [0.717, 1.165) is 5.69 Å². The number of ether oxygens (including phenoxy) is 1. The van der Waals surface area contributed by atoms with Crippen molar-refractivity contribution in [2.45, 2.75) is 12.2 Å². The average molecular weight is 354 g/mol. The third-order valence-electron chi connectivity index (χ3n) is 4.20. The molecule has 26 heavy (non-hydrogen) atoms. The van der Waals surface area contributed by atoms with Crippen LogP contribution in [0.5, 0.6) is 5.75 Å². The molecule has 0 unspecified atom stereocenters. The Morgan fingerprint density at radius 2 is 2.08 bits per heavy atom. The molecular formula is C17H18N6O3. The van der Waals surface area contributed by atoms with Gasteiger partial charge in [-0.2, -0.15) is 5.10 Å². The van der Waals surface area contributed by atoms with Gasteiger partial charge in [0.15, 0.2) is 5.75 Å². The Bertz CT molecular complexity index is 906. The van der Waals surface area contributed by atoms with Crippen LogP contribution in [0.2, 0.25) is 0 Å². The minimum atomic E-state index is -0.782. The fourth-order valence-electron chi connectivity index (χ4n) is 2.88. The van der Waals surface area contributed by atoms with Gasteiger partial charge >= 0.3 is 0 Å². The Hall–Kier alpha value is -3.20. The van der Waals surface area contributed by atoms with E-state index in [9.17, 15) is 9.90 Å². The molecule has 0 aliphatic carbocycles. The first-order valence-electron chi connectivity index (χ1n) is 8.20. The number of para-hydroxylation sites is 1. The SMILES string of the molecule is Cn1cc(O[C@@H]2CN(C(=O)c3ncn(-c4ccccc4)n3)C[C@H]2O)cn1. The number of aromatic nitrogens is 5. The second-order valence-corrected chi connectivity index (χ2v) is 6.13. The molecule has 9 nitrogen and oxygen atoms in total. The summed E-state index contributed by atoms with van der Waals surface area (Å²) in [5.74, 6) is 0.302. The van der Waals surface area contributed by atoms with E-state index in [1.54, 1.807) is 28.8 Å². The van der Waals surface area contributed by atoms with Crippen molar-refractivity contribution in [1.29, 1.82) is 0 Å². The van der Waals surface area contributed by atoms with Gasteiger partial charge in [-0.25, -0.2) is 9.67 Å². The quantitative estimate of drug-likeness (QED) is 0.722. The Balaban J connectivity index is 1.45. The highest BCUT2D eigenvalue weighted by Gasteiger charge is 2.37. The van der Waals surface area contributed by atoms with E-state index in [-0.39, 0.29) is 24.8 Å². The molecule has 0 spiro atoms. The first-order chi connectivity index (χ1) is 12.6. The van der Waals surface area contributed by atoms with Gasteiger partial charge in [-0.1, -0.05) is 18.2 Å². The number of hydrogen-bond acceptors (Lipinski definition) is 6. The fourth-order valence-corrected chi connectivity index (χ4v) is 2.88. The smallest absolute Gasteiger partial charge is 0.293 e. The van der Waals surface area contributed by atoms with Crippen molar-refractivity contribution in [3.8, 4) is 11.4 Å². The van der Waals surface area contributed by atoms with Crippen molar-refractivity contribution in [3.63, 3.8) is 0 Å². The highest BCUT2D eigenvalue weighted by atomic mass is 16.5. The molecule has 2 aromatic heterocycles. The highest BCUT2D eigenvalue weighted by molar-refractivity contribution is 5.90. The van der Waals surface area contributed by atoms with Crippen LogP contribution in [0.3, 0.4) is 0 Å². The van der Waals surface area contributed by atoms with E-state index in [0.29, 0.717) is 5.75 Å². The summed E-state index contributed by atoms with van der Waals surface area (Å²) < 4.78 is 8.88. The van der Waals surface area contributed by atoms with Crippen LogP contribution in [0.1, 0.15) is 10.6 Å². The lowest BCUT2D eigenvalue weighted by Gasteiger charge is -2.15. The summed E-state index contributed by atoms with van der Waals surface area (Å²) in [6.45, 7) is 0.429. The molecule has 0 saturated carbocycles. The highest BCUT2D eigenvalue weighted by Crippen LogP contribution is 2.19. The molecule has 0 bridgehead atoms. The standard InChI is InChI=1S/C17H18N6O3/c1-21-8-13(7-19-21)26-15-10-22(9-14(15)24)17(25)16-18-11-23(20-16)12-5-3-2-4-6-12/h2-8,11,14-15,24H,9-10H2,1H3/t14-,15-/m1/s1. The van der Waals surface area contributed by atoms with Gasteiger partial charge in [-0.3, -0.25) is 9.48 Å². The predicted octanol–water partition coefficient (Wildman–Crippen LogP) is 0.265. The van der Waals surface area contributed by atoms with Gasteiger partial charge in [0, 0.05) is 7.05 Å². The summed E-state index contributed by atoms with van der Waals surface area (Å²) in [7, 11) is 1.78. The number of carbonyl (C=O) groups is 1. The van der Waals surface area contributed by atoms with Crippen LogP contribution in [0, 0.1) is 0 Å². The summed E-state index contributed by atoms with van der Waals surface area (Å²) in [4.78, 5) is 18.2. The fraction of sp³-hybridized carbons (Fsp3) is 0.294. The largest absolute Gasteiger partial charge is 0.482 e. The minimum Gasteiger partial charge on any atom is -0.482 e. The number of hydrogen-bond donors (Lipinski definition) is 1. The van der Waals surface area contributed by atoms with E-state index >= 15 is 0 Å². The number of nitrogens with zero attached hydrogens (tertiary/aromatic N) is 6. The number of likely N-dealkylation sites (tertiary alicyclic amines) is 1. The maximum atomic E-state index is 12.6. The monoisotopic (exact) mass is 354 g/mol. The van der Waals surface area contributed by atoms with Crippen LogP contribution in [0.15, 0.2) is 49.1 Å². The van der Waals surface area contributed by atoms with Gasteiger partial charge in [-0.05, 0) is 12.1 Å². The van der Waals surface area contributed by atoms with E-state index in [1.165, 1.54) is 11.2 Å². The molecule has 2 atom stereocenters. The summed E-state index contributed by atoms with van der Waals surface area (Å²) in [5.41, 5.74) is 0.818. The van der Waals surface area contributed by atoms with Crippen LogP contribution in [0.4, 0.5) is 0 Å². The Morgan fingerprint density at radius 1 is 1.27 bits per heavy atom. The maximum Gasteiger partial charge on any atom is 0.293 e. The van der Waals surface area contributed by atoms with Crippen LogP contribution < -0.4 is 4.74 Å². The van der Waals surface area contributed by atoms with Gasteiger partial charge in [0.25, 0.3) is 5.91 Å².